The van der Waals surface area contributed by atoms with Gasteiger partial charge in [-0.05, 0) is 23.9 Å². The van der Waals surface area contributed by atoms with Crippen LogP contribution in [0.4, 0.5) is 0 Å². The van der Waals surface area contributed by atoms with E-state index >= 15 is 0 Å². The van der Waals surface area contributed by atoms with Crippen LogP contribution < -0.4 is 5.32 Å². The van der Waals surface area contributed by atoms with Gasteiger partial charge in [-0.1, -0.05) is 6.07 Å². The Balaban J connectivity index is 0.00000162. The molecule has 0 amide bonds. The van der Waals surface area contributed by atoms with E-state index in [2.05, 4.69) is 11.4 Å². The minimum absolute atomic E-state index is 0. The van der Waals surface area contributed by atoms with Crippen LogP contribution in [-0.2, 0) is 10.0 Å². The van der Waals surface area contributed by atoms with Gasteiger partial charge in [-0.2, -0.15) is 0 Å². The van der Waals surface area contributed by atoms with E-state index < -0.39 is 10.0 Å². The van der Waals surface area contributed by atoms with Crippen molar-refractivity contribution in [1.29, 1.82) is 0 Å². The summed E-state index contributed by atoms with van der Waals surface area (Å²) in [6.07, 6.45) is 0. The lowest BCUT2D eigenvalue weighted by Gasteiger charge is -2.19. The Hall–Kier alpha value is -0.140. The largest absolute Gasteiger partial charge is 0.316 e. The van der Waals surface area contributed by atoms with E-state index in [0.717, 1.165) is 13.1 Å². The van der Waals surface area contributed by atoms with Gasteiger partial charge in [0.2, 0.25) is 10.0 Å². The summed E-state index contributed by atoms with van der Waals surface area (Å²) in [7, 11) is 0.0826. The predicted molar refractivity (Wildman–Crippen MR) is 78.1 cm³/mol. The molecule has 1 aromatic rings. The van der Waals surface area contributed by atoms with Crippen LogP contribution in [0.25, 0.3) is 0 Å². The monoisotopic (exact) mass is 310 g/mol. The lowest BCUT2D eigenvalue weighted by atomic mass is 9.96. The molecule has 7 heteroatoms. The Kier molecular flexibility index (Phi) is 5.61. The summed E-state index contributed by atoms with van der Waals surface area (Å²) in [5.41, 5.74) is 0. The standard InChI is InChI=1S/C11H18N2O2S2.ClH/c1-13(2)17(14,15)8-9-6-12-7-10(9)11-4-3-5-16-11;/h3-5,9-10,12H,6-8H2,1-2H3;1H. The Morgan fingerprint density at radius 3 is 2.72 bits per heavy atom. The van der Waals surface area contributed by atoms with Crippen molar-refractivity contribution in [3.8, 4) is 0 Å². The van der Waals surface area contributed by atoms with Gasteiger partial charge in [0.1, 0.15) is 0 Å². The van der Waals surface area contributed by atoms with Crippen molar-refractivity contribution >= 4 is 33.8 Å². The van der Waals surface area contributed by atoms with Crippen LogP contribution in [0.1, 0.15) is 10.8 Å². The van der Waals surface area contributed by atoms with Crippen LogP contribution in [-0.4, -0.2) is 45.7 Å². The number of halogens is 1. The maximum absolute atomic E-state index is 11.9. The minimum Gasteiger partial charge on any atom is -0.316 e. The zero-order valence-corrected chi connectivity index (χ0v) is 12.9. The van der Waals surface area contributed by atoms with E-state index in [0.29, 0.717) is 5.92 Å². The highest BCUT2D eigenvalue weighted by molar-refractivity contribution is 7.89. The maximum atomic E-state index is 11.9. The summed E-state index contributed by atoms with van der Waals surface area (Å²) in [5, 5.41) is 5.34. The first-order chi connectivity index (χ1) is 8.00. The molecule has 0 saturated carbocycles. The van der Waals surface area contributed by atoms with Gasteiger partial charge in [0.25, 0.3) is 0 Å². The number of nitrogens with zero attached hydrogens (tertiary/aromatic N) is 1. The Bertz CT molecular complexity index is 459. The number of hydrogen-bond donors (Lipinski definition) is 1. The average Bonchev–Trinajstić information content (AvgIpc) is 2.85. The van der Waals surface area contributed by atoms with Crippen LogP contribution in [0.15, 0.2) is 17.5 Å². The second-order valence-electron chi connectivity index (χ2n) is 4.60. The fourth-order valence-corrected chi connectivity index (χ4v) is 4.27. The van der Waals surface area contributed by atoms with E-state index in [9.17, 15) is 8.42 Å². The van der Waals surface area contributed by atoms with E-state index in [1.165, 1.54) is 9.18 Å². The first-order valence-corrected chi connectivity index (χ1v) is 8.14. The van der Waals surface area contributed by atoms with Gasteiger partial charge in [-0.25, -0.2) is 12.7 Å². The van der Waals surface area contributed by atoms with Crippen LogP contribution >= 0.6 is 23.7 Å². The maximum Gasteiger partial charge on any atom is 0.213 e. The summed E-state index contributed by atoms with van der Waals surface area (Å²) >= 11 is 1.71. The van der Waals surface area contributed by atoms with Crippen molar-refractivity contribution in [3.05, 3.63) is 22.4 Å². The van der Waals surface area contributed by atoms with Gasteiger partial charge in [-0.3, -0.25) is 0 Å². The molecule has 1 N–H and O–H groups in total. The highest BCUT2D eigenvalue weighted by Crippen LogP contribution is 2.32. The van der Waals surface area contributed by atoms with Gasteiger partial charge in [0, 0.05) is 31.4 Å². The fraction of sp³-hybridized carbons (Fsp3) is 0.636. The molecule has 1 fully saturated rings. The molecule has 104 valence electrons. The molecule has 1 saturated heterocycles. The van der Waals surface area contributed by atoms with Crippen LogP contribution in [0.5, 0.6) is 0 Å². The van der Waals surface area contributed by atoms with E-state index in [4.69, 9.17) is 0 Å². The fourth-order valence-electron chi connectivity index (χ4n) is 2.16. The summed E-state index contributed by atoms with van der Waals surface area (Å²) in [5.74, 6) is 0.751. The third-order valence-electron chi connectivity index (χ3n) is 3.23. The molecule has 0 bridgehead atoms. The summed E-state index contributed by atoms with van der Waals surface area (Å²) in [6, 6.07) is 4.12. The van der Waals surface area contributed by atoms with Gasteiger partial charge in [0.15, 0.2) is 0 Å². The SMILES string of the molecule is CN(C)S(=O)(=O)CC1CNCC1c1cccs1.Cl. The van der Waals surface area contributed by atoms with Crippen molar-refractivity contribution in [2.75, 3.05) is 32.9 Å². The summed E-state index contributed by atoms with van der Waals surface area (Å²) in [4.78, 5) is 1.29. The van der Waals surface area contributed by atoms with Crippen LogP contribution in [0.2, 0.25) is 0 Å². The molecule has 0 aliphatic carbocycles. The molecule has 1 aromatic heterocycles. The lowest BCUT2D eigenvalue weighted by Crippen LogP contribution is -2.31. The molecule has 4 nitrogen and oxygen atoms in total. The topological polar surface area (TPSA) is 49.4 Å². The summed E-state index contributed by atoms with van der Waals surface area (Å²) in [6.45, 7) is 1.67. The molecule has 2 heterocycles. The molecule has 18 heavy (non-hydrogen) atoms. The van der Waals surface area contributed by atoms with Crippen LogP contribution in [0.3, 0.4) is 0 Å². The van der Waals surface area contributed by atoms with E-state index in [-0.39, 0.29) is 24.1 Å². The summed E-state index contributed by atoms with van der Waals surface area (Å²) < 4.78 is 25.1. The molecular weight excluding hydrogens is 292 g/mol. The van der Waals surface area contributed by atoms with Gasteiger partial charge < -0.3 is 5.32 Å². The highest BCUT2D eigenvalue weighted by atomic mass is 35.5. The second-order valence-corrected chi connectivity index (χ2v) is 7.81. The molecule has 0 aromatic carbocycles. The highest BCUT2D eigenvalue weighted by Gasteiger charge is 2.33. The molecule has 1 aliphatic heterocycles. The van der Waals surface area contributed by atoms with Gasteiger partial charge >= 0.3 is 0 Å². The second kappa shape index (κ2) is 6.34. The third kappa shape index (κ3) is 3.45. The molecule has 1 aliphatic rings. The van der Waals surface area contributed by atoms with Crippen molar-refractivity contribution in [2.45, 2.75) is 5.92 Å². The molecule has 0 radical (unpaired) electrons. The third-order valence-corrected chi connectivity index (χ3v) is 6.20. The Labute approximate surface area is 119 Å². The predicted octanol–water partition coefficient (Wildman–Crippen LogP) is 1.36. The average molecular weight is 311 g/mol. The lowest BCUT2D eigenvalue weighted by molar-refractivity contribution is 0.493. The Morgan fingerprint density at radius 2 is 2.17 bits per heavy atom. The minimum atomic E-state index is -3.11. The van der Waals surface area contributed by atoms with E-state index in [1.54, 1.807) is 25.4 Å². The van der Waals surface area contributed by atoms with Gasteiger partial charge in [-0.15, -0.1) is 23.7 Å². The number of thiophene rings is 1. The zero-order chi connectivity index (χ0) is 12.5. The van der Waals surface area contributed by atoms with Crippen molar-refractivity contribution in [3.63, 3.8) is 0 Å². The number of hydrogen-bond acceptors (Lipinski definition) is 4. The molecule has 2 atom stereocenters. The van der Waals surface area contributed by atoms with Crippen molar-refractivity contribution in [2.24, 2.45) is 5.92 Å². The first-order valence-electron chi connectivity index (χ1n) is 5.65. The van der Waals surface area contributed by atoms with Gasteiger partial charge in [0.05, 0.1) is 5.75 Å². The molecule has 2 unspecified atom stereocenters. The normalized spacial score (nSPS) is 24.2. The molecule has 0 spiro atoms. The van der Waals surface area contributed by atoms with Crippen molar-refractivity contribution < 1.29 is 8.42 Å². The number of sulfonamides is 1. The first kappa shape index (κ1) is 15.9. The number of rotatable bonds is 4. The molecular formula is C11H19ClN2O2S2. The molecule has 2 rings (SSSR count). The Morgan fingerprint density at radius 1 is 1.44 bits per heavy atom. The zero-order valence-electron chi connectivity index (χ0n) is 10.5. The number of nitrogens with one attached hydrogen (secondary N) is 1. The quantitative estimate of drug-likeness (QED) is 0.913. The van der Waals surface area contributed by atoms with E-state index in [1.807, 2.05) is 11.4 Å². The van der Waals surface area contributed by atoms with Crippen LogP contribution in [0, 0.1) is 5.92 Å². The van der Waals surface area contributed by atoms with Crippen molar-refractivity contribution in [1.82, 2.24) is 9.62 Å². The smallest absolute Gasteiger partial charge is 0.213 e.